The van der Waals surface area contributed by atoms with Crippen molar-refractivity contribution in [2.24, 2.45) is 5.92 Å². The summed E-state index contributed by atoms with van der Waals surface area (Å²) in [6, 6.07) is 15.3. The highest BCUT2D eigenvalue weighted by Gasteiger charge is 2.26. The number of hydrogen-bond acceptors (Lipinski definition) is 4. The molecule has 28 heavy (non-hydrogen) atoms. The molecule has 0 unspecified atom stereocenters. The van der Waals surface area contributed by atoms with Crippen LogP contribution in [0, 0.1) is 12.8 Å². The minimum atomic E-state index is -0.320. The van der Waals surface area contributed by atoms with E-state index in [2.05, 4.69) is 10.3 Å². The van der Waals surface area contributed by atoms with Gasteiger partial charge in [0.2, 0.25) is 5.89 Å². The minimum absolute atomic E-state index is 0.131. The average Bonchev–Trinajstić information content (AvgIpc) is 3.36. The lowest BCUT2D eigenvalue weighted by atomic mass is 10.0. The van der Waals surface area contributed by atoms with Crippen molar-refractivity contribution in [3.05, 3.63) is 65.9 Å². The van der Waals surface area contributed by atoms with Gasteiger partial charge in [-0.3, -0.25) is 4.79 Å². The molecule has 1 heterocycles. The van der Waals surface area contributed by atoms with E-state index in [1.165, 1.54) is 5.56 Å². The fourth-order valence-electron chi connectivity index (χ4n) is 3.69. The fraction of sp³-hybridized carbons (Fsp3) is 0.304. The number of hydrogen-bond donors (Lipinski definition) is 2. The first-order valence-corrected chi connectivity index (χ1v) is 9.70. The second kappa shape index (κ2) is 7.98. The van der Waals surface area contributed by atoms with E-state index < -0.39 is 0 Å². The van der Waals surface area contributed by atoms with E-state index in [1.54, 1.807) is 12.3 Å². The Morgan fingerprint density at radius 1 is 1.18 bits per heavy atom. The van der Waals surface area contributed by atoms with Crippen LogP contribution in [0.5, 0.6) is 0 Å². The molecule has 0 saturated heterocycles. The van der Waals surface area contributed by atoms with Crippen molar-refractivity contribution in [3.8, 4) is 22.8 Å². The van der Waals surface area contributed by atoms with Gasteiger partial charge in [-0.1, -0.05) is 48.4 Å². The number of aliphatic hydroxyl groups excluding tert-OH is 1. The summed E-state index contributed by atoms with van der Waals surface area (Å²) >= 11 is 0. The largest absolute Gasteiger partial charge is 0.436 e. The molecule has 1 aliphatic rings. The molecule has 144 valence electrons. The molecule has 4 rings (SSSR count). The second-order valence-corrected chi connectivity index (χ2v) is 7.41. The third kappa shape index (κ3) is 3.85. The Morgan fingerprint density at radius 2 is 1.96 bits per heavy atom. The highest BCUT2D eigenvalue weighted by molar-refractivity contribution is 6.00. The number of nitrogens with one attached hydrogen (secondary N) is 1. The van der Waals surface area contributed by atoms with Gasteiger partial charge in [-0.2, -0.15) is 0 Å². The summed E-state index contributed by atoms with van der Waals surface area (Å²) in [5.41, 5.74) is 3.30. The monoisotopic (exact) mass is 376 g/mol. The number of amides is 1. The maximum absolute atomic E-state index is 12.8. The maximum Gasteiger partial charge on any atom is 0.252 e. The van der Waals surface area contributed by atoms with Gasteiger partial charge in [-0.15, -0.1) is 0 Å². The van der Waals surface area contributed by atoms with Gasteiger partial charge in [0.1, 0.15) is 0 Å². The summed E-state index contributed by atoms with van der Waals surface area (Å²) < 4.78 is 5.95. The fourth-order valence-corrected chi connectivity index (χ4v) is 3.69. The first-order chi connectivity index (χ1) is 13.6. The summed E-state index contributed by atoms with van der Waals surface area (Å²) in [5, 5.41) is 12.9. The number of nitrogens with zero attached hydrogens (tertiary/aromatic N) is 1. The molecule has 1 amide bonds. The molecule has 5 heteroatoms. The van der Waals surface area contributed by atoms with Gasteiger partial charge in [0, 0.05) is 23.6 Å². The molecular formula is C23H24N2O3. The molecule has 2 atom stereocenters. The van der Waals surface area contributed by atoms with Crippen molar-refractivity contribution in [2.45, 2.75) is 32.3 Å². The van der Waals surface area contributed by atoms with Crippen molar-refractivity contribution in [1.82, 2.24) is 10.3 Å². The van der Waals surface area contributed by atoms with E-state index in [4.69, 9.17) is 4.42 Å². The maximum atomic E-state index is 12.8. The van der Waals surface area contributed by atoms with Gasteiger partial charge in [0.25, 0.3) is 5.91 Å². The second-order valence-electron chi connectivity index (χ2n) is 7.41. The Balaban J connectivity index is 1.54. The number of benzene rings is 2. The van der Waals surface area contributed by atoms with Crippen LogP contribution in [-0.4, -0.2) is 28.6 Å². The lowest BCUT2D eigenvalue weighted by Crippen LogP contribution is -2.32. The standard InChI is InChI=1S/C23H24N2O3/c1-15-9-11-16(12-10-15)21-14-25-23(28-21)19-7-3-2-6-18(19)22(27)24-13-17-5-4-8-20(17)26/h2-3,6-7,9-12,14,17,20,26H,4-5,8,13H2,1H3,(H,24,27)/t17-,20-/m0/s1. The number of aryl methyl sites for hydroxylation is 1. The normalized spacial score (nSPS) is 18.9. The van der Waals surface area contributed by atoms with Gasteiger partial charge >= 0.3 is 0 Å². The van der Waals surface area contributed by atoms with Crippen LogP contribution in [0.15, 0.2) is 59.1 Å². The lowest BCUT2D eigenvalue weighted by Gasteiger charge is -2.15. The van der Waals surface area contributed by atoms with E-state index in [-0.39, 0.29) is 17.9 Å². The molecule has 5 nitrogen and oxygen atoms in total. The molecule has 0 bridgehead atoms. The van der Waals surface area contributed by atoms with Crippen LogP contribution in [0.25, 0.3) is 22.8 Å². The topological polar surface area (TPSA) is 75.4 Å². The van der Waals surface area contributed by atoms with Crippen LogP contribution in [0.2, 0.25) is 0 Å². The molecule has 1 fully saturated rings. The number of carbonyl (C=O) groups is 1. The number of carbonyl (C=O) groups excluding carboxylic acids is 1. The van der Waals surface area contributed by atoms with E-state index in [0.717, 1.165) is 24.8 Å². The van der Waals surface area contributed by atoms with Crippen LogP contribution < -0.4 is 5.32 Å². The van der Waals surface area contributed by atoms with Crippen molar-refractivity contribution in [2.75, 3.05) is 6.54 Å². The van der Waals surface area contributed by atoms with E-state index >= 15 is 0 Å². The van der Waals surface area contributed by atoms with Gasteiger partial charge in [-0.25, -0.2) is 4.98 Å². The predicted molar refractivity (Wildman–Crippen MR) is 108 cm³/mol. The van der Waals surface area contributed by atoms with Gasteiger partial charge in [0.05, 0.1) is 17.9 Å². The summed E-state index contributed by atoms with van der Waals surface area (Å²) in [7, 11) is 0. The quantitative estimate of drug-likeness (QED) is 0.699. The van der Waals surface area contributed by atoms with Crippen molar-refractivity contribution in [1.29, 1.82) is 0 Å². The smallest absolute Gasteiger partial charge is 0.252 e. The van der Waals surface area contributed by atoms with Crippen molar-refractivity contribution < 1.29 is 14.3 Å². The third-order valence-electron chi connectivity index (χ3n) is 5.39. The van der Waals surface area contributed by atoms with Crippen LogP contribution in [0.1, 0.15) is 35.2 Å². The summed E-state index contributed by atoms with van der Waals surface area (Å²) in [4.78, 5) is 17.1. The first-order valence-electron chi connectivity index (χ1n) is 9.70. The zero-order valence-corrected chi connectivity index (χ0v) is 15.9. The van der Waals surface area contributed by atoms with E-state index in [9.17, 15) is 9.90 Å². The number of aromatic nitrogens is 1. The number of aliphatic hydroxyl groups is 1. The predicted octanol–water partition coefficient (Wildman–Crippen LogP) is 4.21. The van der Waals surface area contributed by atoms with Crippen molar-refractivity contribution in [3.63, 3.8) is 0 Å². The Kier molecular flexibility index (Phi) is 5.26. The van der Waals surface area contributed by atoms with Gasteiger partial charge in [0.15, 0.2) is 5.76 Å². The summed E-state index contributed by atoms with van der Waals surface area (Å²) in [6.45, 7) is 2.52. The lowest BCUT2D eigenvalue weighted by molar-refractivity contribution is 0.0917. The number of oxazole rings is 1. The van der Waals surface area contributed by atoms with Gasteiger partial charge < -0.3 is 14.8 Å². The van der Waals surface area contributed by atoms with Crippen LogP contribution in [0.4, 0.5) is 0 Å². The van der Waals surface area contributed by atoms with Crippen LogP contribution in [-0.2, 0) is 0 Å². The molecule has 0 radical (unpaired) electrons. The zero-order chi connectivity index (χ0) is 19.5. The van der Waals surface area contributed by atoms with E-state index in [1.807, 2.05) is 49.4 Å². The molecule has 2 N–H and O–H groups in total. The SMILES string of the molecule is Cc1ccc(-c2cnc(-c3ccccc3C(=O)NC[C@@H]3CCC[C@@H]3O)o2)cc1. The molecule has 1 aromatic heterocycles. The molecule has 2 aromatic carbocycles. The highest BCUT2D eigenvalue weighted by atomic mass is 16.4. The molecule has 3 aromatic rings. The summed E-state index contributed by atoms with van der Waals surface area (Å²) in [6.07, 6.45) is 4.14. The van der Waals surface area contributed by atoms with E-state index in [0.29, 0.717) is 29.3 Å². The molecule has 1 saturated carbocycles. The highest BCUT2D eigenvalue weighted by Crippen LogP contribution is 2.29. The van der Waals surface area contributed by atoms with Crippen LogP contribution in [0.3, 0.4) is 0 Å². The zero-order valence-electron chi connectivity index (χ0n) is 15.9. The Labute approximate surface area is 164 Å². The van der Waals surface area contributed by atoms with Crippen LogP contribution >= 0.6 is 0 Å². The van der Waals surface area contributed by atoms with Gasteiger partial charge in [-0.05, 0) is 31.9 Å². The Hall–Kier alpha value is -2.92. The van der Waals surface area contributed by atoms with Crippen molar-refractivity contribution >= 4 is 5.91 Å². The summed E-state index contributed by atoms with van der Waals surface area (Å²) in [5.74, 6) is 1.04. The molecular weight excluding hydrogens is 352 g/mol. The molecule has 0 aliphatic heterocycles. The molecule has 1 aliphatic carbocycles. The molecule has 0 spiro atoms. The first kappa shape index (κ1) is 18.4. The number of rotatable bonds is 5. The Morgan fingerprint density at radius 3 is 2.71 bits per heavy atom. The minimum Gasteiger partial charge on any atom is -0.436 e. The third-order valence-corrected chi connectivity index (χ3v) is 5.39. The Bertz CT molecular complexity index is 962. The average molecular weight is 376 g/mol.